The van der Waals surface area contributed by atoms with Gasteiger partial charge in [0.25, 0.3) is 0 Å². The Morgan fingerprint density at radius 1 is 1.25 bits per heavy atom. The summed E-state index contributed by atoms with van der Waals surface area (Å²) in [4.78, 5) is 0. The second-order valence-corrected chi connectivity index (χ2v) is 4.85. The molecule has 0 fully saturated rings. The number of rotatable bonds is 7. The zero-order valence-corrected chi connectivity index (χ0v) is 11.6. The van der Waals surface area contributed by atoms with Crippen molar-refractivity contribution in [2.24, 2.45) is 0 Å². The van der Waals surface area contributed by atoms with Crippen LogP contribution in [0.1, 0.15) is 32.3 Å². The van der Waals surface area contributed by atoms with Crippen molar-refractivity contribution in [1.82, 2.24) is 5.32 Å². The zero-order chi connectivity index (χ0) is 15.2. The molecule has 0 saturated heterocycles. The maximum atomic E-state index is 13.2. The molecule has 0 aromatic heterocycles. The lowest BCUT2D eigenvalue weighted by Crippen LogP contribution is -2.22. The SMILES string of the molecule is CC(C)NCc1cc(F)ccc1OCCCC(F)(F)F. The second-order valence-electron chi connectivity index (χ2n) is 4.85. The van der Waals surface area contributed by atoms with E-state index in [2.05, 4.69) is 5.32 Å². The zero-order valence-electron chi connectivity index (χ0n) is 11.6. The summed E-state index contributed by atoms with van der Waals surface area (Å²) in [5.74, 6) is 0.0231. The Morgan fingerprint density at radius 2 is 1.95 bits per heavy atom. The molecule has 0 saturated carbocycles. The van der Waals surface area contributed by atoms with Crippen LogP contribution in [-0.4, -0.2) is 18.8 Å². The minimum absolute atomic E-state index is 0.0418. The van der Waals surface area contributed by atoms with Crippen molar-refractivity contribution in [2.75, 3.05) is 6.61 Å². The first kappa shape index (κ1) is 16.8. The third-order valence-corrected chi connectivity index (χ3v) is 2.59. The van der Waals surface area contributed by atoms with Gasteiger partial charge >= 0.3 is 6.18 Å². The summed E-state index contributed by atoms with van der Waals surface area (Å²) in [6, 6.07) is 4.23. The topological polar surface area (TPSA) is 21.3 Å². The summed E-state index contributed by atoms with van der Waals surface area (Å²) in [7, 11) is 0. The summed E-state index contributed by atoms with van der Waals surface area (Å²) in [5.41, 5.74) is 0.603. The number of ether oxygens (including phenoxy) is 1. The normalized spacial score (nSPS) is 11.9. The molecular weight excluding hydrogens is 274 g/mol. The van der Waals surface area contributed by atoms with Crippen molar-refractivity contribution in [1.29, 1.82) is 0 Å². The Balaban J connectivity index is 2.55. The lowest BCUT2D eigenvalue weighted by atomic mass is 10.2. The quantitative estimate of drug-likeness (QED) is 0.605. The minimum atomic E-state index is -4.17. The number of hydrogen-bond acceptors (Lipinski definition) is 2. The Hall–Kier alpha value is -1.30. The molecule has 0 radical (unpaired) electrons. The van der Waals surface area contributed by atoms with Gasteiger partial charge in [-0.25, -0.2) is 4.39 Å². The van der Waals surface area contributed by atoms with Crippen molar-refractivity contribution < 1.29 is 22.3 Å². The second kappa shape index (κ2) is 7.47. The molecule has 0 atom stereocenters. The van der Waals surface area contributed by atoms with Crippen LogP contribution in [0.15, 0.2) is 18.2 Å². The molecule has 0 heterocycles. The van der Waals surface area contributed by atoms with Gasteiger partial charge in [0.2, 0.25) is 0 Å². The largest absolute Gasteiger partial charge is 0.493 e. The van der Waals surface area contributed by atoms with Gasteiger partial charge in [0.15, 0.2) is 0 Å². The van der Waals surface area contributed by atoms with Crippen molar-refractivity contribution >= 4 is 0 Å². The molecule has 1 N–H and O–H groups in total. The first-order chi connectivity index (χ1) is 9.28. The van der Waals surface area contributed by atoms with Crippen LogP contribution in [0.5, 0.6) is 5.75 Å². The molecule has 20 heavy (non-hydrogen) atoms. The predicted molar refractivity (Wildman–Crippen MR) is 69.2 cm³/mol. The number of halogens is 4. The Labute approximate surface area is 116 Å². The summed E-state index contributed by atoms with van der Waals surface area (Å²) < 4.78 is 54.5. The summed E-state index contributed by atoms with van der Waals surface area (Å²) >= 11 is 0. The lowest BCUT2D eigenvalue weighted by Gasteiger charge is -2.14. The molecule has 6 heteroatoms. The molecule has 0 aliphatic carbocycles. The molecule has 1 aromatic carbocycles. The average Bonchev–Trinajstić information content (AvgIpc) is 2.32. The van der Waals surface area contributed by atoms with Crippen molar-refractivity contribution in [2.45, 2.75) is 45.5 Å². The van der Waals surface area contributed by atoms with Crippen molar-refractivity contribution in [3.05, 3.63) is 29.6 Å². The van der Waals surface area contributed by atoms with E-state index in [0.29, 0.717) is 17.9 Å². The van der Waals surface area contributed by atoms with E-state index in [4.69, 9.17) is 4.74 Å². The molecule has 0 bridgehead atoms. The van der Waals surface area contributed by atoms with Crippen LogP contribution in [0.3, 0.4) is 0 Å². The van der Waals surface area contributed by atoms with E-state index in [1.807, 2.05) is 13.8 Å². The van der Waals surface area contributed by atoms with E-state index >= 15 is 0 Å². The van der Waals surface area contributed by atoms with E-state index in [-0.39, 0.29) is 19.1 Å². The maximum absolute atomic E-state index is 13.2. The van der Waals surface area contributed by atoms with Crippen LogP contribution in [0.4, 0.5) is 17.6 Å². The Bertz CT molecular complexity index is 418. The highest BCUT2D eigenvalue weighted by Crippen LogP contribution is 2.23. The monoisotopic (exact) mass is 293 g/mol. The smallest absolute Gasteiger partial charge is 0.389 e. The van der Waals surface area contributed by atoms with Gasteiger partial charge in [0.05, 0.1) is 6.61 Å². The fourth-order valence-corrected chi connectivity index (χ4v) is 1.60. The first-order valence-electron chi connectivity index (χ1n) is 6.49. The number of nitrogens with one attached hydrogen (secondary N) is 1. The molecule has 0 amide bonds. The van der Waals surface area contributed by atoms with Crippen LogP contribution in [0.2, 0.25) is 0 Å². The van der Waals surface area contributed by atoms with Crippen LogP contribution in [0.25, 0.3) is 0 Å². The average molecular weight is 293 g/mol. The van der Waals surface area contributed by atoms with Crippen LogP contribution in [0, 0.1) is 5.82 Å². The van der Waals surface area contributed by atoms with Gasteiger partial charge < -0.3 is 10.1 Å². The van der Waals surface area contributed by atoms with Gasteiger partial charge in [-0.05, 0) is 24.6 Å². The Morgan fingerprint density at radius 3 is 2.55 bits per heavy atom. The minimum Gasteiger partial charge on any atom is -0.493 e. The summed E-state index contributed by atoms with van der Waals surface area (Å²) in [6.45, 7) is 4.26. The molecule has 0 aliphatic heterocycles. The highest BCUT2D eigenvalue weighted by atomic mass is 19.4. The van der Waals surface area contributed by atoms with Crippen LogP contribution in [-0.2, 0) is 6.54 Å². The number of benzene rings is 1. The van der Waals surface area contributed by atoms with Gasteiger partial charge in [-0.2, -0.15) is 13.2 Å². The van der Waals surface area contributed by atoms with Gasteiger partial charge in [-0.3, -0.25) is 0 Å². The third-order valence-electron chi connectivity index (χ3n) is 2.59. The molecule has 1 rings (SSSR count). The van der Waals surface area contributed by atoms with Gasteiger partial charge in [-0.1, -0.05) is 13.8 Å². The van der Waals surface area contributed by atoms with Crippen LogP contribution >= 0.6 is 0 Å². The molecule has 2 nitrogen and oxygen atoms in total. The van der Waals surface area contributed by atoms with E-state index in [9.17, 15) is 17.6 Å². The Kier molecular flexibility index (Phi) is 6.26. The molecule has 0 aliphatic rings. The first-order valence-corrected chi connectivity index (χ1v) is 6.49. The standard InChI is InChI=1S/C14H19F4NO/c1-10(2)19-9-11-8-12(15)4-5-13(11)20-7-3-6-14(16,17)18/h4-5,8,10,19H,3,6-7,9H2,1-2H3. The number of hydrogen-bond donors (Lipinski definition) is 1. The van der Waals surface area contributed by atoms with E-state index in [1.54, 1.807) is 0 Å². The van der Waals surface area contributed by atoms with Crippen LogP contribution < -0.4 is 10.1 Å². The molecule has 0 unspecified atom stereocenters. The molecular formula is C14H19F4NO. The fourth-order valence-electron chi connectivity index (χ4n) is 1.60. The fraction of sp³-hybridized carbons (Fsp3) is 0.571. The molecule has 114 valence electrons. The molecule has 0 spiro atoms. The van der Waals surface area contributed by atoms with E-state index in [0.717, 1.165) is 0 Å². The van der Waals surface area contributed by atoms with Crippen molar-refractivity contribution in [3.63, 3.8) is 0 Å². The highest BCUT2D eigenvalue weighted by Gasteiger charge is 2.26. The van der Waals surface area contributed by atoms with Gasteiger partial charge in [0.1, 0.15) is 11.6 Å². The third kappa shape index (κ3) is 6.75. The summed E-state index contributed by atoms with van der Waals surface area (Å²) in [6.07, 6.45) is -5.17. The maximum Gasteiger partial charge on any atom is 0.389 e. The summed E-state index contributed by atoms with van der Waals surface area (Å²) in [5, 5.41) is 3.12. The van der Waals surface area contributed by atoms with Crippen molar-refractivity contribution in [3.8, 4) is 5.75 Å². The van der Waals surface area contributed by atoms with E-state index < -0.39 is 18.4 Å². The van der Waals surface area contributed by atoms with Gasteiger partial charge in [0, 0.05) is 24.6 Å². The lowest BCUT2D eigenvalue weighted by molar-refractivity contribution is -0.136. The highest BCUT2D eigenvalue weighted by molar-refractivity contribution is 5.33. The molecule has 1 aromatic rings. The predicted octanol–water partition coefficient (Wildman–Crippen LogP) is 4.05. The van der Waals surface area contributed by atoms with E-state index in [1.165, 1.54) is 18.2 Å². The number of alkyl halides is 3. The van der Waals surface area contributed by atoms with Gasteiger partial charge in [-0.15, -0.1) is 0 Å².